The zero-order valence-electron chi connectivity index (χ0n) is 76.6. The Morgan fingerprint density at radius 3 is 0.978 bits per heavy atom. The lowest BCUT2D eigenvalue weighted by Gasteiger charge is -2.15. The Balaban J connectivity index is 0.000000132. The fourth-order valence-electron chi connectivity index (χ4n) is 18.5. The molecule has 0 aliphatic carbocycles. The van der Waals surface area contributed by atoms with E-state index in [4.69, 9.17) is 45.9 Å². The van der Waals surface area contributed by atoms with Crippen molar-refractivity contribution >= 4 is 139 Å². The number of benzene rings is 13. The van der Waals surface area contributed by atoms with Crippen LogP contribution in [0.15, 0.2) is 308 Å². The minimum atomic E-state index is 0. The van der Waals surface area contributed by atoms with Crippen LogP contribution in [0, 0.1) is 0 Å². The standard InChI is InChI=1S/C32H34N6S.C32H35N3.C29H31N5S.C22H22N2S.CH4/c33-31(34)37-15-3-7-21-5-1-9-23(17-21)25-11-13-29-27(19-25)28-20-26(12-14-30(28)39-29)24-10-2-6-22(18-24)8-4-16-38-32(35)36;1-2-35-31-15-13-27(25-11-3-7-23(19-25)9-5-17-33)21-29(31)30-22-28(14-16-32(30)35)26-12-4-8-24(20-26)10-6-18-34;30-8-10-32-16-20-2-1-3-22(12-20)23-4-6-28-26(14-23)27-15-24(5-7-29(27)35-28)25-13-21(18-34-19-25)17-33-11-9-31;1-3-21-19(13-17(1)15-5-9-23-10-6-15)20-14-18(2-4-22(20)25-21)16-7-11-24-12-8-16;/h1-2,5-6,9-14,17-20H,3-4,7-8,15-16H2,(H4,33,34,37)(H4,35,36,38);3-4,7-8,11-16,19-22H,2,5-6,9-10,17-18,33-34H2,1H3;1-7,12-15,18-19,32-33H,8-11,16-17,30-31H2;1-5,7,13-14,23-24H,6,8-12H2;1H4. The van der Waals surface area contributed by atoms with Crippen molar-refractivity contribution in [3.8, 4) is 66.8 Å². The largest absolute Gasteiger partial charge is 0.370 e. The molecule has 135 heavy (non-hydrogen) atoms. The van der Waals surface area contributed by atoms with Gasteiger partial charge in [-0.3, -0.25) is 15.0 Å². The van der Waals surface area contributed by atoms with Gasteiger partial charge in [0, 0.05) is 172 Å². The highest BCUT2D eigenvalue weighted by atomic mass is 32.1. The molecule has 16 nitrogen and oxygen atoms in total. The maximum atomic E-state index is 5.73. The summed E-state index contributed by atoms with van der Waals surface area (Å²) in [6.45, 7) is 14.6. The van der Waals surface area contributed by atoms with E-state index in [1.54, 1.807) is 0 Å². The molecule has 19 heteroatoms. The van der Waals surface area contributed by atoms with Crippen molar-refractivity contribution in [2.24, 2.45) is 55.9 Å². The molecule has 0 atom stereocenters. The third kappa shape index (κ3) is 23.8. The van der Waals surface area contributed by atoms with Gasteiger partial charge in [0.25, 0.3) is 0 Å². The van der Waals surface area contributed by atoms with Gasteiger partial charge in [0.05, 0.1) is 0 Å². The predicted molar refractivity (Wildman–Crippen MR) is 585 cm³/mol. The summed E-state index contributed by atoms with van der Waals surface area (Å²) in [4.78, 5) is 12.7. The number of guanidine groups is 2. The zero-order chi connectivity index (χ0) is 92.1. The molecule has 18 aromatic rings. The van der Waals surface area contributed by atoms with E-state index >= 15 is 0 Å². The van der Waals surface area contributed by atoms with E-state index in [0.29, 0.717) is 26.2 Å². The number of rotatable bonds is 31. The van der Waals surface area contributed by atoms with Crippen LogP contribution in [-0.4, -0.2) is 100 Å². The third-order valence-electron chi connectivity index (χ3n) is 25.4. The molecule has 0 spiro atoms. The molecule has 0 bridgehead atoms. The number of pyridine rings is 1. The minimum absolute atomic E-state index is 0. The molecule has 13 aromatic carbocycles. The van der Waals surface area contributed by atoms with Crippen LogP contribution in [0.25, 0.3) is 160 Å². The monoisotopic (exact) mass is 1840 g/mol. The summed E-state index contributed by atoms with van der Waals surface area (Å²) in [6, 6.07) is 101. The number of nitrogens with two attached hydrogens (primary N) is 8. The first-order valence-corrected chi connectivity index (χ1v) is 49.7. The van der Waals surface area contributed by atoms with E-state index in [1.165, 1.54) is 194 Å². The van der Waals surface area contributed by atoms with Gasteiger partial charge in [-0.05, 0) is 323 Å². The number of nitrogens with one attached hydrogen (secondary N) is 4. The van der Waals surface area contributed by atoms with Gasteiger partial charge in [0.1, 0.15) is 0 Å². The normalized spacial score (nSPS) is 12.6. The van der Waals surface area contributed by atoms with Crippen molar-refractivity contribution in [1.82, 2.24) is 30.8 Å². The molecule has 0 amide bonds. The summed E-state index contributed by atoms with van der Waals surface area (Å²) in [5.74, 6) is 0.297. The lowest BCUT2D eigenvalue weighted by Crippen LogP contribution is -2.23. The van der Waals surface area contributed by atoms with Crippen LogP contribution in [-0.2, 0) is 45.3 Å². The summed E-state index contributed by atoms with van der Waals surface area (Å²) in [5.41, 5.74) is 75.2. The smallest absolute Gasteiger partial charge is 0.185 e. The molecule has 20 N–H and O–H groups in total. The summed E-state index contributed by atoms with van der Waals surface area (Å²) in [5, 5.41) is 24.2. The third-order valence-corrected chi connectivity index (χ3v) is 28.8. The van der Waals surface area contributed by atoms with Gasteiger partial charge in [0.15, 0.2) is 11.9 Å². The van der Waals surface area contributed by atoms with Crippen LogP contribution in [0.1, 0.15) is 97.4 Å². The van der Waals surface area contributed by atoms with Gasteiger partial charge < -0.3 is 71.7 Å². The summed E-state index contributed by atoms with van der Waals surface area (Å²) in [6.07, 6.45) is 18.6. The number of hydrogen-bond donors (Lipinski definition) is 12. The van der Waals surface area contributed by atoms with Crippen LogP contribution in [0.4, 0.5) is 0 Å². The van der Waals surface area contributed by atoms with E-state index < -0.39 is 0 Å². The average Bonchev–Trinajstić information content (AvgIpc) is 1.61. The van der Waals surface area contributed by atoms with Gasteiger partial charge in [-0.2, -0.15) is 0 Å². The first-order chi connectivity index (χ1) is 65.8. The second-order valence-corrected chi connectivity index (χ2v) is 38.0. The van der Waals surface area contributed by atoms with Gasteiger partial charge >= 0.3 is 0 Å². The SMILES string of the molecule is C.C1=C(c2ccc3sc4ccc(C5=CCNCC5)cc4c3c2)CCNC1.CCn1c2ccc(-c3cccc(CCCN)c3)cc2c2cc(-c3cccc(CCCN)c3)ccc21.NC(N)=NCCCc1cccc(-c2ccc3sc4ccc(-c5cccc(CCCN=C(N)N)c5)cc4c3c2)c1.NCCNCc1cccc(-c2ccc3sc4ccc(-c5cncc(CNCCN)c5)cc4c3c2)c1. The van der Waals surface area contributed by atoms with Gasteiger partial charge in [0.2, 0.25) is 0 Å². The number of nitrogens with zero attached hydrogens (tertiary/aromatic N) is 4. The first kappa shape index (κ1) is 95.3. The molecule has 5 aromatic heterocycles. The molecular weight excluding hydrogens is 1710 g/mol. The minimum Gasteiger partial charge on any atom is -0.370 e. The number of aromatic nitrogens is 2. The number of fused-ring (bicyclic) bond motifs is 12. The molecule has 0 radical (unpaired) electrons. The molecule has 2 aliphatic rings. The van der Waals surface area contributed by atoms with Crippen molar-refractivity contribution in [3.05, 3.63) is 342 Å². The van der Waals surface area contributed by atoms with Gasteiger partial charge in [-0.15, -0.1) is 34.0 Å². The van der Waals surface area contributed by atoms with Crippen LogP contribution in [0.5, 0.6) is 0 Å². The lowest BCUT2D eigenvalue weighted by atomic mass is 9.96. The van der Waals surface area contributed by atoms with Crippen LogP contribution in [0.3, 0.4) is 0 Å². The maximum absolute atomic E-state index is 5.73. The number of hydrogen-bond acceptors (Lipinski definition) is 14. The quantitative estimate of drug-likeness (QED) is 0.0109. The van der Waals surface area contributed by atoms with Crippen molar-refractivity contribution in [2.45, 2.75) is 98.2 Å². The second kappa shape index (κ2) is 46.4. The van der Waals surface area contributed by atoms with E-state index in [1.807, 2.05) is 46.4 Å². The highest BCUT2D eigenvalue weighted by Gasteiger charge is 2.19. The molecule has 7 heterocycles. The molecule has 0 unspecified atom stereocenters. The maximum Gasteiger partial charge on any atom is 0.185 e. The molecule has 2 aliphatic heterocycles. The Hall–Kier alpha value is -12.8. The molecule has 20 rings (SSSR count). The van der Waals surface area contributed by atoms with Crippen molar-refractivity contribution in [1.29, 1.82) is 0 Å². The molecule has 0 fully saturated rings. The number of aryl methyl sites for hydroxylation is 5. The zero-order valence-corrected chi connectivity index (χ0v) is 79.0. The fraction of sp³-hybridized carbons (Fsp3) is 0.233. The van der Waals surface area contributed by atoms with Crippen molar-refractivity contribution < 1.29 is 0 Å². The number of thiophene rings is 3. The molecule has 688 valence electrons. The Labute approximate surface area is 805 Å². The van der Waals surface area contributed by atoms with Crippen LogP contribution < -0.4 is 67.1 Å². The van der Waals surface area contributed by atoms with Crippen LogP contribution >= 0.6 is 34.0 Å². The van der Waals surface area contributed by atoms with Crippen molar-refractivity contribution in [2.75, 3.05) is 78.5 Å². The molecule has 0 saturated heterocycles. The molecular formula is C116H126N16S3. The Bertz CT molecular complexity index is 6860. The Morgan fingerprint density at radius 1 is 0.333 bits per heavy atom. The topological polar surface area (TPSA) is 299 Å². The highest BCUT2D eigenvalue weighted by molar-refractivity contribution is 7.26. The average molecular weight is 1840 g/mol. The Kier molecular flexibility index (Phi) is 32.8. The summed E-state index contributed by atoms with van der Waals surface area (Å²) >= 11 is 5.59. The first-order valence-electron chi connectivity index (χ1n) is 47.3. The number of aliphatic imine (C=N–C) groups is 2. The van der Waals surface area contributed by atoms with E-state index in [-0.39, 0.29) is 19.3 Å². The van der Waals surface area contributed by atoms with Crippen LogP contribution in [0.2, 0.25) is 0 Å². The lowest BCUT2D eigenvalue weighted by molar-refractivity contribution is 0.693. The van der Waals surface area contributed by atoms with Crippen molar-refractivity contribution in [3.63, 3.8) is 0 Å². The summed E-state index contributed by atoms with van der Waals surface area (Å²) < 4.78 is 10.4. The highest BCUT2D eigenvalue weighted by Crippen LogP contribution is 2.44. The van der Waals surface area contributed by atoms with E-state index in [2.05, 4.69) is 333 Å². The summed E-state index contributed by atoms with van der Waals surface area (Å²) in [7, 11) is 0. The Morgan fingerprint density at radius 2 is 0.637 bits per heavy atom. The van der Waals surface area contributed by atoms with E-state index in [9.17, 15) is 0 Å². The van der Waals surface area contributed by atoms with E-state index in [0.717, 1.165) is 147 Å². The van der Waals surface area contributed by atoms with Gasteiger partial charge in [-0.1, -0.05) is 183 Å². The van der Waals surface area contributed by atoms with Gasteiger partial charge in [-0.25, -0.2) is 0 Å². The predicted octanol–water partition coefficient (Wildman–Crippen LogP) is 23.1. The molecule has 0 saturated carbocycles. The fourth-order valence-corrected chi connectivity index (χ4v) is 21.7. The second-order valence-electron chi connectivity index (χ2n) is 34.8.